The molecule has 94 valence electrons. The second kappa shape index (κ2) is 4.48. The van der Waals surface area contributed by atoms with Gasteiger partial charge < -0.3 is 14.4 Å². The quantitative estimate of drug-likeness (QED) is 0.907. The maximum Gasteiger partial charge on any atom is 0.358 e. The molecule has 5 nitrogen and oxygen atoms in total. The monoisotopic (exact) mass is 251 g/mol. The zero-order chi connectivity index (χ0) is 13.3. The molecule has 0 aliphatic heterocycles. The molecular weight excluding hydrogens is 241 g/mol. The first-order valence-corrected chi connectivity index (χ1v) is 5.08. The van der Waals surface area contributed by atoms with E-state index in [1.54, 1.807) is 13.0 Å². The Kier molecular flexibility index (Phi) is 3.01. The van der Waals surface area contributed by atoms with Crippen molar-refractivity contribution >= 4 is 5.97 Å². The van der Waals surface area contributed by atoms with Crippen LogP contribution in [-0.4, -0.2) is 23.3 Å². The van der Waals surface area contributed by atoms with E-state index in [0.29, 0.717) is 11.1 Å². The average molecular weight is 251 g/mol. The van der Waals surface area contributed by atoms with Crippen molar-refractivity contribution in [1.29, 1.82) is 0 Å². The van der Waals surface area contributed by atoms with Crippen molar-refractivity contribution < 1.29 is 23.6 Å². The molecule has 2 aromatic rings. The highest BCUT2D eigenvalue weighted by Gasteiger charge is 2.19. The van der Waals surface area contributed by atoms with E-state index in [9.17, 15) is 9.18 Å². The smallest absolute Gasteiger partial charge is 0.358 e. The second-order valence-electron chi connectivity index (χ2n) is 3.64. The number of aromatic nitrogens is 1. The van der Waals surface area contributed by atoms with Gasteiger partial charge in [0.1, 0.15) is 0 Å². The van der Waals surface area contributed by atoms with E-state index in [0.717, 1.165) is 0 Å². The number of methoxy groups -OCH3 is 1. The molecule has 0 unspecified atom stereocenters. The molecule has 0 atom stereocenters. The number of hydrogen-bond donors (Lipinski definition) is 1. The fourth-order valence-corrected chi connectivity index (χ4v) is 1.61. The van der Waals surface area contributed by atoms with Crippen LogP contribution in [-0.2, 0) is 0 Å². The Morgan fingerprint density at radius 2 is 2.22 bits per heavy atom. The fourth-order valence-electron chi connectivity index (χ4n) is 1.61. The first-order valence-electron chi connectivity index (χ1n) is 5.08. The number of carbonyl (C=O) groups is 1. The Morgan fingerprint density at radius 1 is 1.50 bits per heavy atom. The van der Waals surface area contributed by atoms with Crippen molar-refractivity contribution in [2.24, 2.45) is 0 Å². The van der Waals surface area contributed by atoms with Gasteiger partial charge in [0.15, 0.2) is 23.0 Å². The minimum Gasteiger partial charge on any atom is -0.494 e. The molecule has 0 spiro atoms. The lowest BCUT2D eigenvalue weighted by atomic mass is 10.1. The molecule has 0 fully saturated rings. The Balaban J connectivity index is 2.49. The van der Waals surface area contributed by atoms with Crippen LogP contribution in [0.5, 0.6) is 5.75 Å². The second-order valence-corrected chi connectivity index (χ2v) is 3.64. The molecule has 0 saturated heterocycles. The number of benzene rings is 1. The molecule has 1 aromatic heterocycles. The summed E-state index contributed by atoms with van der Waals surface area (Å²) in [6.45, 7) is 1.55. The predicted molar refractivity (Wildman–Crippen MR) is 60.1 cm³/mol. The van der Waals surface area contributed by atoms with Crippen LogP contribution in [0.25, 0.3) is 11.3 Å². The van der Waals surface area contributed by atoms with Crippen LogP contribution < -0.4 is 4.74 Å². The topological polar surface area (TPSA) is 72.6 Å². The SMILES string of the molecule is COc1ccc(-c2onc(C(=O)O)c2C)cc1F. The van der Waals surface area contributed by atoms with Crippen LogP contribution in [0.15, 0.2) is 22.7 Å². The van der Waals surface area contributed by atoms with Crippen LogP contribution >= 0.6 is 0 Å². The normalized spacial score (nSPS) is 10.4. The van der Waals surface area contributed by atoms with Crippen molar-refractivity contribution in [2.75, 3.05) is 7.11 Å². The summed E-state index contributed by atoms with van der Waals surface area (Å²) in [6, 6.07) is 4.21. The van der Waals surface area contributed by atoms with Gasteiger partial charge in [-0.25, -0.2) is 9.18 Å². The van der Waals surface area contributed by atoms with E-state index in [1.165, 1.54) is 19.2 Å². The van der Waals surface area contributed by atoms with Gasteiger partial charge in [-0.05, 0) is 25.1 Å². The summed E-state index contributed by atoms with van der Waals surface area (Å²) in [4.78, 5) is 10.8. The number of hydrogen-bond acceptors (Lipinski definition) is 4. The number of carboxylic acids is 1. The van der Waals surface area contributed by atoms with Gasteiger partial charge >= 0.3 is 5.97 Å². The van der Waals surface area contributed by atoms with Gasteiger partial charge in [0, 0.05) is 11.1 Å². The van der Waals surface area contributed by atoms with Crippen molar-refractivity contribution in [2.45, 2.75) is 6.92 Å². The molecule has 18 heavy (non-hydrogen) atoms. The van der Waals surface area contributed by atoms with E-state index in [2.05, 4.69) is 5.16 Å². The molecule has 6 heteroatoms. The molecular formula is C12H10FNO4. The first kappa shape index (κ1) is 12.1. The minimum absolute atomic E-state index is 0.106. The molecule has 0 radical (unpaired) electrons. The van der Waals surface area contributed by atoms with E-state index in [-0.39, 0.29) is 17.2 Å². The van der Waals surface area contributed by atoms with Gasteiger partial charge in [-0.3, -0.25) is 0 Å². The molecule has 0 amide bonds. The summed E-state index contributed by atoms with van der Waals surface area (Å²) in [5, 5.41) is 12.3. The number of carboxylic acid groups (broad SMARTS) is 1. The maximum absolute atomic E-state index is 13.5. The van der Waals surface area contributed by atoms with Crippen molar-refractivity contribution in [3.63, 3.8) is 0 Å². The molecule has 0 aliphatic rings. The number of rotatable bonds is 3. The lowest BCUT2D eigenvalue weighted by molar-refractivity contribution is 0.0685. The number of ether oxygens (including phenoxy) is 1. The third kappa shape index (κ3) is 1.92. The van der Waals surface area contributed by atoms with E-state index in [1.807, 2.05) is 0 Å². The maximum atomic E-state index is 13.5. The molecule has 1 heterocycles. The lowest BCUT2D eigenvalue weighted by Crippen LogP contribution is -1.98. The highest BCUT2D eigenvalue weighted by Crippen LogP contribution is 2.29. The summed E-state index contributed by atoms with van der Waals surface area (Å²) in [5.74, 6) is -1.40. The van der Waals surface area contributed by atoms with Gasteiger partial charge in [-0.2, -0.15) is 0 Å². The van der Waals surface area contributed by atoms with Crippen LogP contribution in [0.1, 0.15) is 16.1 Å². The Labute approximate surface area is 102 Å². The first-order chi connectivity index (χ1) is 8.54. The molecule has 1 N–H and O–H groups in total. The Morgan fingerprint density at radius 3 is 2.72 bits per heavy atom. The molecule has 0 saturated carbocycles. The van der Waals surface area contributed by atoms with Gasteiger partial charge in [0.2, 0.25) is 0 Å². The number of halogens is 1. The van der Waals surface area contributed by atoms with Gasteiger partial charge in [-0.15, -0.1) is 0 Å². The molecule has 0 bridgehead atoms. The number of aromatic carboxylic acids is 1. The van der Waals surface area contributed by atoms with Crippen LogP contribution in [0.3, 0.4) is 0 Å². The van der Waals surface area contributed by atoms with Crippen LogP contribution in [0, 0.1) is 12.7 Å². The summed E-state index contributed by atoms with van der Waals surface area (Å²) < 4.78 is 23.3. The largest absolute Gasteiger partial charge is 0.494 e. The Bertz CT molecular complexity index is 606. The zero-order valence-electron chi connectivity index (χ0n) is 9.73. The third-order valence-corrected chi connectivity index (χ3v) is 2.54. The van der Waals surface area contributed by atoms with Crippen LogP contribution in [0.2, 0.25) is 0 Å². The summed E-state index contributed by atoms with van der Waals surface area (Å²) in [6.07, 6.45) is 0. The number of nitrogens with zero attached hydrogens (tertiary/aromatic N) is 1. The highest BCUT2D eigenvalue weighted by atomic mass is 19.1. The van der Waals surface area contributed by atoms with E-state index < -0.39 is 11.8 Å². The van der Waals surface area contributed by atoms with Crippen molar-refractivity contribution in [3.8, 4) is 17.1 Å². The summed E-state index contributed by atoms with van der Waals surface area (Å²) in [7, 11) is 1.36. The zero-order valence-corrected chi connectivity index (χ0v) is 9.73. The molecule has 0 aliphatic carbocycles. The van der Waals surface area contributed by atoms with E-state index in [4.69, 9.17) is 14.4 Å². The third-order valence-electron chi connectivity index (χ3n) is 2.54. The summed E-state index contributed by atoms with van der Waals surface area (Å²) in [5.41, 5.74) is 0.582. The standard InChI is InChI=1S/C12H10FNO4/c1-6-10(12(15)16)14-18-11(6)7-3-4-9(17-2)8(13)5-7/h3-5H,1-2H3,(H,15,16). The van der Waals surface area contributed by atoms with E-state index >= 15 is 0 Å². The highest BCUT2D eigenvalue weighted by molar-refractivity contribution is 5.88. The van der Waals surface area contributed by atoms with Gasteiger partial charge in [0.25, 0.3) is 0 Å². The lowest BCUT2D eigenvalue weighted by Gasteiger charge is -2.03. The molecule has 2 rings (SSSR count). The van der Waals surface area contributed by atoms with Gasteiger partial charge in [0.05, 0.1) is 7.11 Å². The van der Waals surface area contributed by atoms with Crippen molar-refractivity contribution in [1.82, 2.24) is 5.16 Å². The summed E-state index contributed by atoms with van der Waals surface area (Å²) >= 11 is 0. The predicted octanol–water partition coefficient (Wildman–Crippen LogP) is 2.50. The average Bonchev–Trinajstić information content (AvgIpc) is 2.71. The molecule has 1 aromatic carbocycles. The van der Waals surface area contributed by atoms with Gasteiger partial charge in [-0.1, -0.05) is 5.16 Å². The minimum atomic E-state index is -1.18. The fraction of sp³-hybridized carbons (Fsp3) is 0.167. The van der Waals surface area contributed by atoms with Crippen molar-refractivity contribution in [3.05, 3.63) is 35.3 Å². The van der Waals surface area contributed by atoms with Crippen LogP contribution in [0.4, 0.5) is 4.39 Å². The Hall–Kier alpha value is -2.37.